The molecule has 0 amide bonds. The molecule has 11 atom stereocenters. The fourth-order valence-electron chi connectivity index (χ4n) is 14.6. The number of rotatable bonds is 7. The zero-order valence-electron chi connectivity index (χ0n) is 31.5. The van der Waals surface area contributed by atoms with Crippen LogP contribution in [-0.2, 0) is 15.6 Å². The number of carboxylic acid groups (broad SMARTS) is 1. The van der Waals surface area contributed by atoms with Crippen molar-refractivity contribution in [2.24, 2.45) is 57.2 Å². The second-order valence-corrected chi connectivity index (χ2v) is 21.1. The molecule has 6 aliphatic carbocycles. The van der Waals surface area contributed by atoms with Crippen LogP contribution in [0.4, 0.5) is 0 Å². The van der Waals surface area contributed by atoms with Crippen molar-refractivity contribution in [1.29, 1.82) is 0 Å². The number of nitrogens with one attached hydrogen (secondary N) is 1. The molecular formula is C42H68N2O3S. The molecule has 7 rings (SSSR count). The molecule has 7 aliphatic rings. The average molecular weight is 681 g/mol. The predicted molar refractivity (Wildman–Crippen MR) is 198 cm³/mol. The molecule has 0 spiro atoms. The number of hydrogen-bond donors (Lipinski definition) is 2. The van der Waals surface area contributed by atoms with Gasteiger partial charge in [-0.3, -0.25) is 9.00 Å². The summed E-state index contributed by atoms with van der Waals surface area (Å²) in [4.78, 5) is 14.3. The van der Waals surface area contributed by atoms with Crippen molar-refractivity contribution in [3.63, 3.8) is 0 Å². The molecule has 1 aliphatic heterocycles. The third kappa shape index (κ3) is 5.41. The van der Waals surface area contributed by atoms with Gasteiger partial charge in [0.15, 0.2) is 0 Å². The first-order valence-electron chi connectivity index (χ1n) is 20.1. The van der Waals surface area contributed by atoms with E-state index in [0.29, 0.717) is 39.4 Å². The van der Waals surface area contributed by atoms with E-state index < -0.39 is 16.8 Å². The van der Waals surface area contributed by atoms with Gasteiger partial charge in [0.25, 0.3) is 0 Å². The summed E-state index contributed by atoms with van der Waals surface area (Å²) in [6, 6.07) is 0. The van der Waals surface area contributed by atoms with Gasteiger partial charge in [-0.05, 0) is 165 Å². The molecular weight excluding hydrogens is 613 g/mol. The Bertz CT molecular complexity index is 1350. The van der Waals surface area contributed by atoms with E-state index in [-0.39, 0.29) is 11.3 Å². The topological polar surface area (TPSA) is 69.6 Å². The van der Waals surface area contributed by atoms with Crippen molar-refractivity contribution in [2.45, 2.75) is 142 Å². The minimum atomic E-state index is -0.678. The van der Waals surface area contributed by atoms with Crippen molar-refractivity contribution in [3.8, 4) is 0 Å². The number of carbonyl (C=O) groups is 1. The van der Waals surface area contributed by atoms with Gasteiger partial charge in [-0.15, -0.1) is 0 Å². The lowest BCUT2D eigenvalue weighted by Gasteiger charge is -2.72. The highest BCUT2D eigenvalue weighted by molar-refractivity contribution is 7.84. The summed E-state index contributed by atoms with van der Waals surface area (Å²) in [5.74, 6) is 3.00. The standard InChI is InChI=1S/C42H68N2O3S/c1-28-14-21-42(43-24-27-44-25-17-31(18-26-44)48(7)47)23-22-40(5)33(36(28)42)12-13-35-39(4)19-15-32(29-8-10-30(11-9-29)37(45)46)38(2,3)34(39)16-20-41(35,40)6/h8,15,28,30-31,33-36,43H,9-14,16-27H2,1-7H3,(H,45,46)/t28-,30?,33?,34?,35?,36-,39?,40-,41?,42?,48?/m1/s1. The molecule has 48 heavy (non-hydrogen) atoms. The monoisotopic (exact) mass is 680 g/mol. The van der Waals surface area contributed by atoms with E-state index >= 15 is 0 Å². The summed E-state index contributed by atoms with van der Waals surface area (Å²) in [5.41, 5.74) is 4.53. The van der Waals surface area contributed by atoms with Gasteiger partial charge in [-0.2, -0.15) is 0 Å². The normalized spacial score (nSPS) is 46.7. The molecule has 4 saturated carbocycles. The summed E-state index contributed by atoms with van der Waals surface area (Å²) < 4.78 is 12.0. The van der Waals surface area contributed by atoms with E-state index in [9.17, 15) is 14.1 Å². The Morgan fingerprint density at radius 1 is 0.917 bits per heavy atom. The molecule has 270 valence electrons. The first-order valence-corrected chi connectivity index (χ1v) is 21.7. The maximum atomic E-state index is 12.0. The second kappa shape index (κ2) is 12.6. The van der Waals surface area contributed by atoms with Crippen molar-refractivity contribution >= 4 is 16.8 Å². The molecule has 6 heteroatoms. The molecule has 1 heterocycles. The van der Waals surface area contributed by atoms with Crippen molar-refractivity contribution < 1.29 is 14.1 Å². The summed E-state index contributed by atoms with van der Waals surface area (Å²) in [6.45, 7) is 20.3. The average Bonchev–Trinajstić information content (AvgIpc) is 3.37. The highest BCUT2D eigenvalue weighted by atomic mass is 32.2. The van der Waals surface area contributed by atoms with E-state index in [0.717, 1.165) is 75.5 Å². The molecule has 5 fully saturated rings. The number of carboxylic acids is 1. The highest BCUT2D eigenvalue weighted by Gasteiger charge is 2.70. The molecule has 0 bridgehead atoms. The maximum Gasteiger partial charge on any atom is 0.306 e. The van der Waals surface area contributed by atoms with Crippen LogP contribution in [0.5, 0.6) is 0 Å². The van der Waals surface area contributed by atoms with Gasteiger partial charge in [0, 0.05) is 40.9 Å². The number of likely N-dealkylation sites (tertiary alicyclic amines) is 1. The van der Waals surface area contributed by atoms with E-state index in [4.69, 9.17) is 0 Å². The van der Waals surface area contributed by atoms with Gasteiger partial charge in [0.1, 0.15) is 0 Å². The van der Waals surface area contributed by atoms with Crippen LogP contribution in [0.15, 0.2) is 23.3 Å². The van der Waals surface area contributed by atoms with Crippen LogP contribution in [0.3, 0.4) is 0 Å². The Morgan fingerprint density at radius 2 is 1.67 bits per heavy atom. The van der Waals surface area contributed by atoms with Gasteiger partial charge >= 0.3 is 5.97 Å². The minimum absolute atomic E-state index is 0.127. The smallest absolute Gasteiger partial charge is 0.306 e. The number of nitrogens with zero attached hydrogens (tertiary/aromatic N) is 1. The maximum absolute atomic E-state index is 12.0. The molecule has 0 aromatic heterocycles. The number of piperidine rings is 1. The van der Waals surface area contributed by atoms with Crippen LogP contribution in [0.25, 0.3) is 0 Å². The fraction of sp³-hybridized carbons (Fsp3) is 0.881. The Morgan fingerprint density at radius 3 is 2.33 bits per heavy atom. The van der Waals surface area contributed by atoms with Gasteiger partial charge in [0.05, 0.1) is 5.92 Å². The van der Waals surface area contributed by atoms with Crippen molar-refractivity contribution in [2.75, 3.05) is 32.4 Å². The second-order valence-electron chi connectivity index (χ2n) is 19.4. The lowest BCUT2D eigenvalue weighted by molar-refractivity contribution is -0.221. The van der Waals surface area contributed by atoms with Gasteiger partial charge < -0.3 is 15.3 Å². The molecule has 0 aromatic carbocycles. The van der Waals surface area contributed by atoms with Crippen LogP contribution >= 0.6 is 0 Å². The van der Waals surface area contributed by atoms with E-state index in [1.165, 1.54) is 63.4 Å². The quantitative estimate of drug-likeness (QED) is 0.282. The SMILES string of the molecule is C[C@@H]1CCC2(NCCN3CCC(S(C)=O)CC3)CC[C@]3(C)C(CCC4C5(C)CC=C(C6=CCC(C(=O)O)CC6)C(C)(C)C5CCC43C)[C@@H]12. The summed E-state index contributed by atoms with van der Waals surface area (Å²) in [5, 5.41) is 14.3. The molecule has 8 unspecified atom stereocenters. The zero-order chi connectivity index (χ0) is 34.3. The number of allylic oxidation sites excluding steroid dienone is 4. The van der Waals surface area contributed by atoms with Crippen LogP contribution in [0, 0.1) is 57.2 Å². The summed E-state index contributed by atoms with van der Waals surface area (Å²) in [6.07, 6.45) is 23.5. The molecule has 0 aromatic rings. The van der Waals surface area contributed by atoms with Gasteiger partial charge in [-0.25, -0.2) is 0 Å². The van der Waals surface area contributed by atoms with Crippen molar-refractivity contribution in [3.05, 3.63) is 23.3 Å². The lowest BCUT2D eigenvalue weighted by Crippen LogP contribution is -2.68. The molecule has 0 radical (unpaired) electrons. The molecule has 5 nitrogen and oxygen atoms in total. The third-order valence-electron chi connectivity index (χ3n) is 17.4. The van der Waals surface area contributed by atoms with Gasteiger partial charge in [-0.1, -0.05) is 53.7 Å². The number of fused-ring (bicyclic) bond motifs is 7. The lowest BCUT2D eigenvalue weighted by atomic mass is 9.33. The van der Waals surface area contributed by atoms with Crippen LogP contribution in [0.2, 0.25) is 0 Å². The predicted octanol–water partition coefficient (Wildman–Crippen LogP) is 8.62. The van der Waals surface area contributed by atoms with E-state index in [2.05, 4.69) is 63.9 Å². The minimum Gasteiger partial charge on any atom is -0.481 e. The van der Waals surface area contributed by atoms with Crippen LogP contribution in [-0.4, -0.2) is 63.4 Å². The van der Waals surface area contributed by atoms with Gasteiger partial charge in [0.2, 0.25) is 0 Å². The Kier molecular flexibility index (Phi) is 9.30. The molecule has 1 saturated heterocycles. The number of aliphatic carboxylic acids is 1. The first kappa shape index (κ1) is 35.4. The molecule has 2 N–H and O–H groups in total. The third-order valence-corrected chi connectivity index (χ3v) is 18.8. The Hall–Kier alpha value is -0.980. The Balaban J connectivity index is 1.08. The van der Waals surface area contributed by atoms with Crippen LogP contribution < -0.4 is 5.32 Å². The first-order chi connectivity index (χ1) is 22.7. The highest BCUT2D eigenvalue weighted by Crippen LogP contribution is 2.76. The van der Waals surface area contributed by atoms with Crippen molar-refractivity contribution in [1.82, 2.24) is 10.2 Å². The van der Waals surface area contributed by atoms with Crippen LogP contribution in [0.1, 0.15) is 131 Å². The van der Waals surface area contributed by atoms with E-state index in [1.54, 1.807) is 5.57 Å². The fourth-order valence-corrected chi connectivity index (χ4v) is 15.5. The number of hydrogen-bond acceptors (Lipinski definition) is 4. The summed E-state index contributed by atoms with van der Waals surface area (Å²) in [7, 11) is -0.678. The van der Waals surface area contributed by atoms with E-state index in [1.807, 2.05) is 6.26 Å². The zero-order valence-corrected chi connectivity index (χ0v) is 32.4. The Labute approximate surface area is 295 Å². The summed E-state index contributed by atoms with van der Waals surface area (Å²) >= 11 is 0. The largest absolute Gasteiger partial charge is 0.481 e.